The quantitative estimate of drug-likeness (QED) is 0.299. The summed E-state index contributed by atoms with van der Waals surface area (Å²) >= 11 is 0. The molecule has 0 aliphatic carbocycles. The van der Waals surface area contributed by atoms with Crippen LogP contribution in [0, 0.1) is 18.8 Å². The molecule has 0 fully saturated rings. The largest absolute Gasteiger partial charge is 0.342 e. The van der Waals surface area contributed by atoms with Crippen LogP contribution in [0.2, 0.25) is 0 Å². The highest BCUT2D eigenvalue weighted by atomic mass is 16.2. The van der Waals surface area contributed by atoms with Crippen molar-refractivity contribution in [2.45, 2.75) is 19.9 Å². The van der Waals surface area contributed by atoms with Crippen molar-refractivity contribution in [2.24, 2.45) is 5.73 Å². The van der Waals surface area contributed by atoms with Gasteiger partial charge in [-0.05, 0) is 44.2 Å². The van der Waals surface area contributed by atoms with E-state index in [1.165, 1.54) is 17.0 Å². The molecule has 6 aromatic rings. The first-order valence-corrected chi connectivity index (χ1v) is 13.4. The van der Waals surface area contributed by atoms with Crippen LogP contribution in [0.25, 0.3) is 22.2 Å². The van der Waals surface area contributed by atoms with E-state index < -0.39 is 6.04 Å². The number of aryl methyl sites for hydroxylation is 1. The molecule has 4 heterocycles. The Hall–Kier alpha value is -5.93. The highest BCUT2D eigenvalue weighted by Gasteiger charge is 2.24. The standard InChI is InChI=1S/C31H25N9O3/c1-19-26(29-33-14-7-15-38(29)37-19)30(42)35-20(2)28-36-24-11-6-8-22(13-12-21-17-34-39(18-21)25(41)16-32)27(24)31(43)40(28)23-9-4-3-5-10-23/h3-11,14-15,17-18,20H,16,32H2,1-2H3,(H,35,42)/t20-/m0/s1. The second kappa shape index (κ2) is 11.2. The molecular weight excluding hydrogens is 546 g/mol. The van der Waals surface area contributed by atoms with Gasteiger partial charge in [-0.25, -0.2) is 19.2 Å². The van der Waals surface area contributed by atoms with Gasteiger partial charge in [0.15, 0.2) is 5.65 Å². The number of fused-ring (bicyclic) bond motifs is 2. The fourth-order valence-corrected chi connectivity index (χ4v) is 4.82. The molecule has 0 radical (unpaired) electrons. The van der Waals surface area contributed by atoms with Gasteiger partial charge in [0.25, 0.3) is 17.4 Å². The molecule has 12 nitrogen and oxygen atoms in total. The Morgan fingerprint density at radius 1 is 1.07 bits per heavy atom. The average molecular weight is 572 g/mol. The van der Waals surface area contributed by atoms with Gasteiger partial charge in [0.05, 0.1) is 46.6 Å². The molecule has 12 heteroatoms. The van der Waals surface area contributed by atoms with E-state index >= 15 is 0 Å². The molecule has 0 saturated heterocycles. The number of hydrogen-bond donors (Lipinski definition) is 2. The molecule has 43 heavy (non-hydrogen) atoms. The molecule has 0 aliphatic rings. The Bertz CT molecular complexity index is 2150. The lowest BCUT2D eigenvalue weighted by molar-refractivity contribution is 0.0906. The van der Waals surface area contributed by atoms with Crippen LogP contribution in [-0.4, -0.2) is 52.3 Å². The van der Waals surface area contributed by atoms with E-state index in [1.807, 2.05) is 18.2 Å². The minimum Gasteiger partial charge on any atom is -0.342 e. The third-order valence-electron chi connectivity index (χ3n) is 6.82. The van der Waals surface area contributed by atoms with E-state index in [-0.39, 0.29) is 23.9 Å². The summed E-state index contributed by atoms with van der Waals surface area (Å²) in [7, 11) is 0. The lowest BCUT2D eigenvalue weighted by atomic mass is 10.1. The first kappa shape index (κ1) is 27.3. The normalized spacial score (nSPS) is 11.7. The monoisotopic (exact) mass is 571 g/mol. The van der Waals surface area contributed by atoms with Crippen molar-refractivity contribution in [3.05, 3.63) is 118 Å². The van der Waals surface area contributed by atoms with Gasteiger partial charge in [-0.3, -0.25) is 19.0 Å². The number of hydrogen-bond acceptors (Lipinski definition) is 8. The van der Waals surface area contributed by atoms with E-state index in [2.05, 4.69) is 32.3 Å². The molecule has 212 valence electrons. The third kappa shape index (κ3) is 5.05. The van der Waals surface area contributed by atoms with Gasteiger partial charge in [0.2, 0.25) is 0 Å². The second-order valence-corrected chi connectivity index (χ2v) is 9.71. The molecule has 0 unspecified atom stereocenters. The summed E-state index contributed by atoms with van der Waals surface area (Å²) in [5, 5.41) is 11.7. The smallest absolute Gasteiger partial charge is 0.267 e. The van der Waals surface area contributed by atoms with Crippen LogP contribution in [0.4, 0.5) is 0 Å². The minimum absolute atomic E-state index is 0.181. The number of carbonyl (C=O) groups is 2. The Labute approximate surface area is 244 Å². The molecule has 6 rings (SSSR count). The van der Waals surface area contributed by atoms with Crippen molar-refractivity contribution in [3.8, 4) is 17.5 Å². The molecule has 1 amide bonds. The number of para-hydroxylation sites is 1. The Morgan fingerprint density at radius 3 is 2.67 bits per heavy atom. The van der Waals surface area contributed by atoms with Gasteiger partial charge < -0.3 is 11.1 Å². The van der Waals surface area contributed by atoms with Crippen molar-refractivity contribution in [1.82, 2.24) is 39.2 Å². The highest BCUT2D eigenvalue weighted by molar-refractivity contribution is 6.01. The second-order valence-electron chi connectivity index (χ2n) is 9.71. The summed E-state index contributed by atoms with van der Waals surface area (Å²) in [6, 6.07) is 15.3. The van der Waals surface area contributed by atoms with Crippen LogP contribution in [0.5, 0.6) is 0 Å². The lowest BCUT2D eigenvalue weighted by Crippen LogP contribution is -2.33. The first-order valence-electron chi connectivity index (χ1n) is 13.4. The van der Waals surface area contributed by atoms with Gasteiger partial charge in [0.1, 0.15) is 11.4 Å². The van der Waals surface area contributed by atoms with E-state index in [4.69, 9.17) is 10.7 Å². The fraction of sp³-hybridized carbons (Fsp3) is 0.129. The Morgan fingerprint density at radius 2 is 1.88 bits per heavy atom. The number of nitrogens with zero attached hydrogens (tertiary/aromatic N) is 7. The van der Waals surface area contributed by atoms with Gasteiger partial charge >= 0.3 is 0 Å². The molecule has 0 bridgehead atoms. The van der Waals surface area contributed by atoms with Gasteiger partial charge in [-0.15, -0.1) is 0 Å². The fourth-order valence-electron chi connectivity index (χ4n) is 4.82. The molecule has 0 spiro atoms. The van der Waals surface area contributed by atoms with Gasteiger partial charge in [-0.2, -0.15) is 10.2 Å². The van der Waals surface area contributed by atoms with Crippen LogP contribution < -0.4 is 16.6 Å². The SMILES string of the molecule is Cc1nn2cccnc2c1C(=O)N[C@@H](C)c1nc2cccc(C#Cc3cnn(C(=O)CN)c3)c2c(=O)n1-c1ccccc1. The van der Waals surface area contributed by atoms with E-state index in [9.17, 15) is 14.4 Å². The van der Waals surface area contributed by atoms with Crippen LogP contribution in [0.1, 0.15) is 50.8 Å². The Balaban J connectivity index is 1.45. The van der Waals surface area contributed by atoms with Crippen molar-refractivity contribution in [3.63, 3.8) is 0 Å². The molecule has 0 saturated carbocycles. The zero-order chi connectivity index (χ0) is 30.1. The predicted octanol–water partition coefficient (Wildman–Crippen LogP) is 2.42. The summed E-state index contributed by atoms with van der Waals surface area (Å²) in [5.74, 6) is 5.58. The number of rotatable bonds is 5. The zero-order valence-corrected chi connectivity index (χ0v) is 23.2. The molecular formula is C31H25N9O3. The van der Waals surface area contributed by atoms with Crippen molar-refractivity contribution >= 4 is 28.4 Å². The average Bonchev–Trinajstić information content (AvgIpc) is 3.63. The highest BCUT2D eigenvalue weighted by Crippen LogP contribution is 2.21. The van der Waals surface area contributed by atoms with Gasteiger partial charge in [-0.1, -0.05) is 36.1 Å². The van der Waals surface area contributed by atoms with Crippen LogP contribution in [-0.2, 0) is 0 Å². The molecule has 3 N–H and O–H groups in total. The van der Waals surface area contributed by atoms with E-state index in [0.29, 0.717) is 50.4 Å². The molecule has 4 aromatic heterocycles. The van der Waals surface area contributed by atoms with Crippen LogP contribution >= 0.6 is 0 Å². The van der Waals surface area contributed by atoms with Crippen molar-refractivity contribution < 1.29 is 9.59 Å². The molecule has 1 atom stereocenters. The number of aromatic nitrogens is 7. The maximum Gasteiger partial charge on any atom is 0.267 e. The first-order chi connectivity index (χ1) is 20.9. The number of carbonyl (C=O) groups excluding carboxylic acids is 2. The summed E-state index contributed by atoms with van der Waals surface area (Å²) in [6.45, 7) is 3.33. The number of amides is 1. The predicted molar refractivity (Wildman–Crippen MR) is 159 cm³/mol. The summed E-state index contributed by atoms with van der Waals surface area (Å²) in [4.78, 5) is 48.7. The summed E-state index contributed by atoms with van der Waals surface area (Å²) < 4.78 is 4.16. The van der Waals surface area contributed by atoms with Crippen molar-refractivity contribution in [2.75, 3.05) is 6.54 Å². The van der Waals surface area contributed by atoms with E-state index in [0.717, 1.165) is 4.68 Å². The Kier molecular flexibility index (Phi) is 7.07. The molecule has 0 aliphatic heterocycles. The summed E-state index contributed by atoms with van der Waals surface area (Å²) in [6.07, 6.45) is 6.26. The minimum atomic E-state index is -0.677. The van der Waals surface area contributed by atoms with E-state index in [1.54, 1.807) is 67.2 Å². The van der Waals surface area contributed by atoms with Crippen LogP contribution in [0.3, 0.4) is 0 Å². The van der Waals surface area contributed by atoms with Crippen molar-refractivity contribution in [1.29, 1.82) is 0 Å². The number of benzene rings is 2. The topological polar surface area (TPSA) is 155 Å². The summed E-state index contributed by atoms with van der Waals surface area (Å²) in [5.41, 5.74) is 8.30. The molecule has 2 aromatic carbocycles. The number of nitrogens with one attached hydrogen (secondary N) is 1. The number of nitrogens with two attached hydrogens (primary N) is 1. The maximum atomic E-state index is 14.2. The lowest BCUT2D eigenvalue weighted by Gasteiger charge is -2.20. The zero-order valence-electron chi connectivity index (χ0n) is 23.2. The maximum absolute atomic E-state index is 14.2. The van der Waals surface area contributed by atoms with Gasteiger partial charge in [0, 0.05) is 24.2 Å². The third-order valence-corrected chi connectivity index (χ3v) is 6.82. The van der Waals surface area contributed by atoms with Crippen LogP contribution in [0.15, 0.2) is 84.2 Å².